The van der Waals surface area contributed by atoms with E-state index in [1.54, 1.807) is 7.05 Å². The molecule has 0 bridgehead atoms. The molecule has 1 aromatic carbocycles. The van der Waals surface area contributed by atoms with Gasteiger partial charge < -0.3 is 9.67 Å². The first-order valence-electron chi connectivity index (χ1n) is 7.07. The van der Waals surface area contributed by atoms with E-state index in [1.165, 1.54) is 27.7 Å². The Labute approximate surface area is 170 Å². The number of rotatable bonds is 4. The Hall–Kier alpha value is -1.10. The summed E-state index contributed by atoms with van der Waals surface area (Å²) in [4.78, 5) is 29.0. The van der Waals surface area contributed by atoms with Crippen LogP contribution < -0.4 is 5.56 Å². The lowest BCUT2D eigenvalue weighted by Crippen LogP contribution is -2.24. The average molecular weight is 507 g/mol. The topological polar surface area (TPSA) is 72.2 Å². The summed E-state index contributed by atoms with van der Waals surface area (Å²) in [6.07, 6.45) is 2.08. The molecule has 130 valence electrons. The average Bonchev–Trinajstić information content (AvgIpc) is 2.98. The van der Waals surface area contributed by atoms with Crippen molar-refractivity contribution in [3.05, 3.63) is 54.0 Å². The zero-order chi connectivity index (χ0) is 18.3. The molecule has 0 saturated carbocycles. The number of thiazole rings is 1. The predicted molar refractivity (Wildman–Crippen MR) is 111 cm³/mol. The number of fused-ring (bicyclic) bond motifs is 1. The van der Waals surface area contributed by atoms with Gasteiger partial charge in [0.15, 0.2) is 4.34 Å². The number of halogens is 2. The fourth-order valence-electron chi connectivity index (χ4n) is 2.56. The lowest BCUT2D eigenvalue weighted by atomic mass is 10.0. The third-order valence-corrected chi connectivity index (χ3v) is 6.85. The molecular weight excluding hydrogens is 495 g/mol. The molecule has 3 aromatic rings. The van der Waals surface area contributed by atoms with Gasteiger partial charge in [-0.2, -0.15) is 0 Å². The SMILES string of the molecule is CSc1nc2c(C(=O)O)c(Cc3ccc(I)cc3Cl)n(C)c(=O)c2s1. The molecule has 2 heterocycles. The molecule has 0 aliphatic heterocycles. The molecule has 0 saturated heterocycles. The van der Waals surface area contributed by atoms with Crippen molar-refractivity contribution in [1.82, 2.24) is 9.55 Å². The number of carboxylic acids is 1. The highest BCUT2D eigenvalue weighted by molar-refractivity contribution is 14.1. The number of carbonyl (C=O) groups is 1. The number of nitrogens with zero attached hydrogens (tertiary/aromatic N) is 2. The van der Waals surface area contributed by atoms with Gasteiger partial charge in [0, 0.05) is 27.8 Å². The molecule has 0 unspecified atom stereocenters. The number of carboxylic acid groups (broad SMARTS) is 1. The minimum Gasteiger partial charge on any atom is -0.478 e. The molecule has 9 heteroatoms. The molecule has 1 N–H and O–H groups in total. The molecule has 0 aliphatic carbocycles. The van der Waals surface area contributed by atoms with Crippen LogP contribution in [0.5, 0.6) is 0 Å². The second-order valence-corrected chi connectivity index (χ2v) is 8.97. The first-order valence-corrected chi connectivity index (χ1v) is 10.6. The van der Waals surface area contributed by atoms with E-state index in [2.05, 4.69) is 27.6 Å². The summed E-state index contributed by atoms with van der Waals surface area (Å²) in [7, 11) is 1.59. The van der Waals surface area contributed by atoms with E-state index < -0.39 is 5.97 Å². The van der Waals surface area contributed by atoms with Crippen molar-refractivity contribution in [2.24, 2.45) is 7.05 Å². The lowest BCUT2D eigenvalue weighted by Gasteiger charge is -2.13. The van der Waals surface area contributed by atoms with Crippen molar-refractivity contribution in [1.29, 1.82) is 0 Å². The van der Waals surface area contributed by atoms with E-state index in [4.69, 9.17) is 11.6 Å². The first-order chi connectivity index (χ1) is 11.8. The summed E-state index contributed by atoms with van der Waals surface area (Å²) in [5, 5.41) is 10.3. The smallest absolute Gasteiger partial charge is 0.339 e. The maximum Gasteiger partial charge on any atom is 0.339 e. The molecule has 2 aromatic heterocycles. The molecular formula is C16H12ClIN2O3S2. The maximum absolute atomic E-state index is 12.7. The summed E-state index contributed by atoms with van der Waals surface area (Å²) in [5.74, 6) is -1.10. The maximum atomic E-state index is 12.7. The molecule has 3 rings (SSSR count). The third kappa shape index (κ3) is 3.44. The van der Waals surface area contributed by atoms with Gasteiger partial charge in [-0.15, -0.1) is 11.3 Å². The van der Waals surface area contributed by atoms with E-state index in [9.17, 15) is 14.7 Å². The molecule has 0 atom stereocenters. The number of aromatic carboxylic acids is 1. The Morgan fingerprint density at radius 1 is 1.48 bits per heavy atom. The number of benzene rings is 1. The Bertz CT molecular complexity index is 1060. The first kappa shape index (κ1) is 18.7. The molecule has 0 fully saturated rings. The van der Waals surface area contributed by atoms with Gasteiger partial charge in [-0.05, 0) is 46.5 Å². The fourth-order valence-corrected chi connectivity index (χ4v) is 5.03. The van der Waals surface area contributed by atoms with E-state index in [-0.39, 0.29) is 23.1 Å². The van der Waals surface area contributed by atoms with Gasteiger partial charge in [0.05, 0.1) is 0 Å². The standard InChI is InChI=1S/C16H12ClIN2O3S2/c1-20-10(5-7-3-4-8(18)6-9(7)17)11(15(22)23)12-13(14(20)21)25-16(19-12)24-2/h3-4,6H,5H2,1-2H3,(H,22,23). The lowest BCUT2D eigenvalue weighted by molar-refractivity contribution is 0.0696. The Morgan fingerprint density at radius 3 is 2.80 bits per heavy atom. The molecule has 25 heavy (non-hydrogen) atoms. The highest BCUT2D eigenvalue weighted by Crippen LogP contribution is 2.31. The van der Waals surface area contributed by atoms with Gasteiger partial charge in [-0.3, -0.25) is 4.79 Å². The van der Waals surface area contributed by atoms with Gasteiger partial charge in [0.2, 0.25) is 0 Å². The van der Waals surface area contributed by atoms with Crippen LogP contribution in [0.1, 0.15) is 21.6 Å². The van der Waals surface area contributed by atoms with Crippen molar-refractivity contribution in [2.45, 2.75) is 10.8 Å². The van der Waals surface area contributed by atoms with Gasteiger partial charge in [-0.25, -0.2) is 9.78 Å². The minimum absolute atomic E-state index is 0.0586. The van der Waals surface area contributed by atoms with E-state index in [0.29, 0.717) is 19.8 Å². The summed E-state index contributed by atoms with van der Waals surface area (Å²) in [6.45, 7) is 0. The van der Waals surface area contributed by atoms with Crippen LogP contribution in [0, 0.1) is 3.57 Å². The summed E-state index contributed by atoms with van der Waals surface area (Å²) >= 11 is 11.1. The van der Waals surface area contributed by atoms with Crippen LogP contribution in [-0.2, 0) is 13.5 Å². The number of pyridine rings is 1. The van der Waals surface area contributed by atoms with Gasteiger partial charge >= 0.3 is 5.97 Å². The van der Waals surface area contributed by atoms with Gasteiger partial charge in [0.1, 0.15) is 15.8 Å². The van der Waals surface area contributed by atoms with Gasteiger partial charge in [-0.1, -0.05) is 29.4 Å². The van der Waals surface area contributed by atoms with Crippen molar-refractivity contribution in [2.75, 3.05) is 6.26 Å². The van der Waals surface area contributed by atoms with Crippen LogP contribution >= 0.6 is 57.3 Å². The highest BCUT2D eigenvalue weighted by Gasteiger charge is 2.24. The van der Waals surface area contributed by atoms with Crippen molar-refractivity contribution >= 4 is 73.5 Å². The summed E-state index contributed by atoms with van der Waals surface area (Å²) in [5.41, 5.74) is 1.23. The number of hydrogen-bond donors (Lipinski definition) is 1. The van der Waals surface area contributed by atoms with Crippen LogP contribution in [0.25, 0.3) is 10.2 Å². The quantitative estimate of drug-likeness (QED) is 0.423. The summed E-state index contributed by atoms with van der Waals surface area (Å²) in [6, 6.07) is 5.55. The second kappa shape index (κ2) is 7.26. The minimum atomic E-state index is -1.10. The zero-order valence-electron chi connectivity index (χ0n) is 13.2. The predicted octanol–water partition coefficient (Wildman–Crippen LogP) is 4.26. The normalized spacial score (nSPS) is 11.2. The van der Waals surface area contributed by atoms with E-state index >= 15 is 0 Å². The summed E-state index contributed by atoms with van der Waals surface area (Å²) < 4.78 is 3.40. The molecule has 0 spiro atoms. The van der Waals surface area contributed by atoms with Crippen LogP contribution in [0.15, 0.2) is 27.3 Å². The van der Waals surface area contributed by atoms with Crippen molar-refractivity contribution in [3.8, 4) is 0 Å². The van der Waals surface area contributed by atoms with Crippen molar-refractivity contribution < 1.29 is 9.90 Å². The van der Waals surface area contributed by atoms with Crippen molar-refractivity contribution in [3.63, 3.8) is 0 Å². The Balaban J connectivity index is 2.29. The van der Waals surface area contributed by atoms with E-state index in [0.717, 1.165) is 9.13 Å². The fraction of sp³-hybridized carbons (Fsp3) is 0.188. The van der Waals surface area contributed by atoms with Crippen LogP contribution in [0.3, 0.4) is 0 Å². The second-order valence-electron chi connectivity index (χ2n) is 5.27. The molecule has 0 aliphatic rings. The number of thioether (sulfide) groups is 1. The number of aromatic nitrogens is 2. The number of hydrogen-bond acceptors (Lipinski definition) is 5. The Kier molecular flexibility index (Phi) is 5.42. The van der Waals surface area contributed by atoms with Crippen LogP contribution in [0.4, 0.5) is 0 Å². The monoisotopic (exact) mass is 506 g/mol. The molecule has 0 amide bonds. The van der Waals surface area contributed by atoms with Crippen LogP contribution in [-0.4, -0.2) is 26.9 Å². The van der Waals surface area contributed by atoms with Gasteiger partial charge in [0.25, 0.3) is 5.56 Å². The van der Waals surface area contributed by atoms with Crippen LogP contribution in [0.2, 0.25) is 5.02 Å². The Morgan fingerprint density at radius 2 is 2.20 bits per heavy atom. The molecule has 0 radical (unpaired) electrons. The highest BCUT2D eigenvalue weighted by atomic mass is 127. The largest absolute Gasteiger partial charge is 0.478 e. The third-order valence-electron chi connectivity index (χ3n) is 3.80. The zero-order valence-corrected chi connectivity index (χ0v) is 17.7. The van der Waals surface area contributed by atoms with E-state index in [1.807, 2.05) is 24.5 Å². The molecule has 5 nitrogen and oxygen atoms in total.